The van der Waals surface area contributed by atoms with E-state index < -0.39 is 9.84 Å². The van der Waals surface area contributed by atoms with Gasteiger partial charge in [-0.3, -0.25) is 0 Å². The van der Waals surface area contributed by atoms with E-state index in [1.54, 1.807) is 7.05 Å². The van der Waals surface area contributed by atoms with Crippen LogP contribution in [0.5, 0.6) is 0 Å². The number of nitrogens with two attached hydrogens (primary N) is 1. The van der Waals surface area contributed by atoms with Crippen molar-refractivity contribution >= 4 is 21.5 Å². The lowest BCUT2D eigenvalue weighted by atomic mass is 9.99. The Morgan fingerprint density at radius 2 is 2.21 bits per heavy atom. The molecular formula is C11H20N4O3S. The third-order valence-corrected chi connectivity index (χ3v) is 4.61. The quantitative estimate of drug-likeness (QED) is 0.786. The molecule has 1 saturated heterocycles. The lowest BCUT2D eigenvalue weighted by Crippen LogP contribution is -2.37. The SMILES string of the molecule is Cn1nc(N2CCCC(CO)C2)c(S(C)(=O)=O)c1N. The van der Waals surface area contributed by atoms with Gasteiger partial charge in [-0.05, 0) is 18.8 Å². The van der Waals surface area contributed by atoms with Gasteiger partial charge in [-0.2, -0.15) is 5.10 Å². The van der Waals surface area contributed by atoms with Crippen molar-refractivity contribution in [1.82, 2.24) is 9.78 Å². The first-order chi connectivity index (χ1) is 8.84. The van der Waals surface area contributed by atoms with E-state index >= 15 is 0 Å². The average Bonchev–Trinajstić information content (AvgIpc) is 2.65. The van der Waals surface area contributed by atoms with Crippen LogP contribution in [0, 0.1) is 5.92 Å². The molecule has 8 heteroatoms. The van der Waals surface area contributed by atoms with E-state index in [0.29, 0.717) is 12.4 Å². The molecule has 0 aromatic carbocycles. The number of aryl methyl sites for hydroxylation is 1. The molecule has 1 unspecified atom stereocenters. The van der Waals surface area contributed by atoms with E-state index in [9.17, 15) is 13.5 Å². The number of nitrogen functional groups attached to an aromatic ring is 1. The van der Waals surface area contributed by atoms with E-state index in [4.69, 9.17) is 5.73 Å². The smallest absolute Gasteiger partial charge is 0.182 e. The van der Waals surface area contributed by atoms with Crippen molar-refractivity contribution < 1.29 is 13.5 Å². The molecule has 7 nitrogen and oxygen atoms in total. The van der Waals surface area contributed by atoms with Gasteiger partial charge in [0.15, 0.2) is 20.6 Å². The highest BCUT2D eigenvalue weighted by molar-refractivity contribution is 7.91. The van der Waals surface area contributed by atoms with E-state index in [1.807, 2.05) is 4.90 Å². The second-order valence-electron chi connectivity index (χ2n) is 5.07. The fourth-order valence-corrected chi connectivity index (χ4v) is 3.49. The number of hydrogen-bond acceptors (Lipinski definition) is 6. The summed E-state index contributed by atoms with van der Waals surface area (Å²) in [5.74, 6) is 0.716. The highest BCUT2D eigenvalue weighted by Crippen LogP contribution is 2.32. The number of aromatic nitrogens is 2. The van der Waals surface area contributed by atoms with E-state index in [2.05, 4.69) is 5.10 Å². The minimum atomic E-state index is -3.43. The highest BCUT2D eigenvalue weighted by Gasteiger charge is 2.29. The first-order valence-corrected chi connectivity index (χ1v) is 8.12. The number of sulfone groups is 1. The number of aliphatic hydroxyl groups excluding tert-OH is 1. The molecule has 19 heavy (non-hydrogen) atoms. The molecule has 3 N–H and O–H groups in total. The molecule has 0 aliphatic carbocycles. The topological polar surface area (TPSA) is 101 Å². The zero-order chi connectivity index (χ0) is 14.2. The molecule has 1 aromatic heterocycles. The Morgan fingerprint density at radius 3 is 2.79 bits per heavy atom. The maximum absolute atomic E-state index is 11.9. The van der Waals surface area contributed by atoms with Crippen molar-refractivity contribution in [2.45, 2.75) is 17.7 Å². The first-order valence-electron chi connectivity index (χ1n) is 6.23. The number of aliphatic hydroxyl groups is 1. The summed E-state index contributed by atoms with van der Waals surface area (Å²) in [5.41, 5.74) is 5.81. The Balaban J connectivity index is 2.42. The van der Waals surface area contributed by atoms with Crippen LogP contribution in [0.3, 0.4) is 0 Å². The van der Waals surface area contributed by atoms with Crippen LogP contribution in [0.25, 0.3) is 0 Å². The molecule has 0 bridgehead atoms. The summed E-state index contributed by atoms with van der Waals surface area (Å²) in [6.45, 7) is 1.44. The summed E-state index contributed by atoms with van der Waals surface area (Å²) in [6, 6.07) is 0. The lowest BCUT2D eigenvalue weighted by Gasteiger charge is -2.32. The van der Waals surface area contributed by atoms with Crippen molar-refractivity contribution in [3.63, 3.8) is 0 Å². The minimum Gasteiger partial charge on any atom is -0.396 e. The molecule has 1 aliphatic heterocycles. The van der Waals surface area contributed by atoms with Crippen LogP contribution in [0.4, 0.5) is 11.6 Å². The molecule has 1 aromatic rings. The normalized spacial score (nSPS) is 20.8. The second kappa shape index (κ2) is 5.01. The molecule has 0 radical (unpaired) electrons. The lowest BCUT2D eigenvalue weighted by molar-refractivity contribution is 0.208. The molecule has 1 fully saturated rings. The standard InChI is InChI=1S/C11H20N4O3S/c1-14-10(12)9(19(2,17)18)11(13-14)15-5-3-4-8(6-15)7-16/h8,16H,3-7,12H2,1-2H3. The summed E-state index contributed by atoms with van der Waals surface area (Å²) in [7, 11) is -1.80. The number of piperidine rings is 1. The van der Waals surface area contributed by atoms with Crippen molar-refractivity contribution in [3.05, 3.63) is 0 Å². The van der Waals surface area contributed by atoms with Crippen LogP contribution >= 0.6 is 0 Å². The van der Waals surface area contributed by atoms with E-state index in [1.165, 1.54) is 4.68 Å². The van der Waals surface area contributed by atoms with Crippen LogP contribution in [-0.4, -0.2) is 49.3 Å². The summed E-state index contributed by atoms with van der Waals surface area (Å²) < 4.78 is 25.1. The molecule has 108 valence electrons. The number of rotatable bonds is 3. The van der Waals surface area contributed by atoms with E-state index in [0.717, 1.165) is 25.6 Å². The van der Waals surface area contributed by atoms with Gasteiger partial charge in [-0.15, -0.1) is 0 Å². The molecule has 0 amide bonds. The molecule has 0 saturated carbocycles. The van der Waals surface area contributed by atoms with Crippen molar-refractivity contribution in [2.24, 2.45) is 13.0 Å². The molecule has 2 heterocycles. The summed E-state index contributed by atoms with van der Waals surface area (Å²) >= 11 is 0. The van der Waals surface area contributed by atoms with Crippen molar-refractivity contribution in [2.75, 3.05) is 36.6 Å². The third-order valence-electron chi connectivity index (χ3n) is 3.48. The molecule has 0 spiro atoms. The third kappa shape index (κ3) is 2.69. The average molecular weight is 288 g/mol. The van der Waals surface area contributed by atoms with Gasteiger partial charge in [-0.25, -0.2) is 13.1 Å². The Labute approximate surface area is 112 Å². The second-order valence-corrected chi connectivity index (χ2v) is 7.02. The maximum atomic E-state index is 11.9. The predicted molar refractivity (Wildman–Crippen MR) is 72.8 cm³/mol. The van der Waals surface area contributed by atoms with Crippen LogP contribution < -0.4 is 10.6 Å². The van der Waals surface area contributed by atoms with Crippen LogP contribution in [0.1, 0.15) is 12.8 Å². The van der Waals surface area contributed by atoms with Gasteiger partial charge in [0.05, 0.1) is 0 Å². The Hall–Kier alpha value is -1.28. The fraction of sp³-hybridized carbons (Fsp3) is 0.727. The number of anilines is 2. The first kappa shape index (κ1) is 14.1. The molecule has 2 rings (SSSR count). The van der Waals surface area contributed by atoms with Crippen molar-refractivity contribution in [1.29, 1.82) is 0 Å². The van der Waals surface area contributed by atoms with Crippen LogP contribution in [0.15, 0.2) is 4.90 Å². The van der Waals surface area contributed by atoms with Gasteiger partial charge in [-0.1, -0.05) is 0 Å². The Kier molecular flexibility index (Phi) is 3.73. The van der Waals surface area contributed by atoms with Crippen LogP contribution in [0.2, 0.25) is 0 Å². The summed E-state index contributed by atoms with van der Waals surface area (Å²) in [5, 5.41) is 13.5. The van der Waals surface area contributed by atoms with Crippen molar-refractivity contribution in [3.8, 4) is 0 Å². The summed E-state index contributed by atoms with van der Waals surface area (Å²) in [4.78, 5) is 1.99. The van der Waals surface area contributed by atoms with Gasteiger partial charge in [0.25, 0.3) is 0 Å². The molecule has 1 aliphatic rings. The Bertz CT molecular complexity index is 567. The maximum Gasteiger partial charge on any atom is 0.182 e. The van der Waals surface area contributed by atoms with Gasteiger partial charge < -0.3 is 15.7 Å². The zero-order valence-electron chi connectivity index (χ0n) is 11.2. The fourth-order valence-electron chi connectivity index (χ4n) is 2.47. The predicted octanol–water partition coefficient (Wildman–Crippen LogP) is -0.385. The zero-order valence-corrected chi connectivity index (χ0v) is 12.0. The highest BCUT2D eigenvalue weighted by atomic mass is 32.2. The summed E-state index contributed by atoms with van der Waals surface area (Å²) in [6.07, 6.45) is 2.99. The molecular weight excluding hydrogens is 268 g/mol. The monoisotopic (exact) mass is 288 g/mol. The van der Waals surface area contributed by atoms with Gasteiger partial charge in [0, 0.05) is 33.0 Å². The Morgan fingerprint density at radius 1 is 1.53 bits per heavy atom. The number of hydrogen-bond donors (Lipinski definition) is 2. The van der Waals surface area contributed by atoms with Gasteiger partial charge in [0.1, 0.15) is 5.82 Å². The molecule has 1 atom stereocenters. The van der Waals surface area contributed by atoms with Gasteiger partial charge >= 0.3 is 0 Å². The van der Waals surface area contributed by atoms with E-state index in [-0.39, 0.29) is 23.2 Å². The largest absolute Gasteiger partial charge is 0.396 e. The number of nitrogens with zero attached hydrogens (tertiary/aromatic N) is 3. The van der Waals surface area contributed by atoms with Gasteiger partial charge in [0.2, 0.25) is 0 Å². The minimum absolute atomic E-state index is 0.0913. The van der Waals surface area contributed by atoms with Crippen LogP contribution in [-0.2, 0) is 16.9 Å².